The number of hydrogen-bond acceptors (Lipinski definition) is 9. The molecule has 18 nitrogen and oxygen atoms in total. The first kappa shape index (κ1) is 38.0. The maximum Gasteiger partial charge on any atom is 0.326 e. The number of amides is 3. The summed E-state index contributed by atoms with van der Waals surface area (Å²) in [5.74, 6) is -2.99. The van der Waals surface area contributed by atoms with Gasteiger partial charge in [0.2, 0.25) is 17.7 Å². The molecule has 0 aromatic heterocycles. The zero-order valence-corrected chi connectivity index (χ0v) is 24.8. The largest absolute Gasteiger partial charge is 0.480 e. The molecule has 42 heavy (non-hydrogen) atoms. The van der Waals surface area contributed by atoms with Gasteiger partial charge < -0.3 is 61.2 Å². The number of nitrogens with zero attached hydrogens (tertiary/aromatic N) is 3. The number of carbonyl (C=O) groups excluding carboxylic acids is 3. The van der Waals surface area contributed by atoms with Gasteiger partial charge in [-0.05, 0) is 57.0 Å². The summed E-state index contributed by atoms with van der Waals surface area (Å²) in [6, 6.07) is -4.36. The van der Waals surface area contributed by atoms with Crippen LogP contribution in [0.4, 0.5) is 0 Å². The molecular weight excluding hydrogens is 570 g/mol. The molecule has 3 amide bonds. The van der Waals surface area contributed by atoms with Crippen LogP contribution < -0.4 is 56.1 Å². The maximum absolute atomic E-state index is 13.3. The summed E-state index contributed by atoms with van der Waals surface area (Å²) in [5, 5.41) is 17.3. The van der Waals surface area contributed by atoms with Crippen LogP contribution in [-0.2, 0) is 19.2 Å². The van der Waals surface area contributed by atoms with Gasteiger partial charge in [0.25, 0.3) is 0 Å². The lowest BCUT2D eigenvalue weighted by molar-refractivity contribution is -0.142. The molecule has 0 radical (unpaired) electrons. The summed E-state index contributed by atoms with van der Waals surface area (Å²) in [6.07, 6.45) is 3.38. The first-order chi connectivity index (χ1) is 19.8. The summed E-state index contributed by atoms with van der Waals surface area (Å²) in [7, 11) is 0. The normalized spacial score (nSPS) is 13.4. The van der Waals surface area contributed by atoms with Crippen molar-refractivity contribution in [2.45, 2.75) is 69.1 Å². The Bertz CT molecular complexity index is 951. The average Bonchev–Trinajstić information content (AvgIpc) is 2.91. The molecule has 0 aromatic rings. The fourth-order valence-electron chi connectivity index (χ4n) is 3.51. The number of carboxylic acid groups (broad SMARTS) is 1. The van der Waals surface area contributed by atoms with Crippen LogP contribution in [0, 0.1) is 0 Å². The van der Waals surface area contributed by atoms with Gasteiger partial charge in [-0.25, -0.2) is 4.79 Å². The number of nitrogens with two attached hydrogens (primary N) is 7. The van der Waals surface area contributed by atoms with Crippen molar-refractivity contribution in [1.82, 2.24) is 16.0 Å². The predicted molar refractivity (Wildman–Crippen MR) is 164 cm³/mol. The van der Waals surface area contributed by atoms with Crippen molar-refractivity contribution in [1.29, 1.82) is 0 Å². The van der Waals surface area contributed by atoms with Crippen molar-refractivity contribution in [2.24, 2.45) is 55.1 Å². The Morgan fingerprint density at radius 1 is 0.643 bits per heavy atom. The molecule has 0 unspecified atom stereocenters. The molecule has 240 valence electrons. The first-order valence-electron chi connectivity index (χ1n) is 13.3. The number of nitrogens with one attached hydrogen (secondary N) is 3. The second-order valence-electron chi connectivity index (χ2n) is 9.26. The Labute approximate surface area is 249 Å². The van der Waals surface area contributed by atoms with E-state index in [1.807, 2.05) is 6.26 Å². The number of rotatable bonds is 22. The van der Waals surface area contributed by atoms with Crippen molar-refractivity contribution >= 4 is 53.3 Å². The molecule has 19 heteroatoms. The van der Waals surface area contributed by atoms with Crippen LogP contribution >= 0.6 is 11.8 Å². The van der Waals surface area contributed by atoms with Gasteiger partial charge in [-0.1, -0.05) is 0 Å². The van der Waals surface area contributed by atoms with Gasteiger partial charge in [0.1, 0.15) is 18.1 Å². The highest BCUT2D eigenvalue weighted by Gasteiger charge is 2.30. The first-order valence-corrected chi connectivity index (χ1v) is 14.7. The Morgan fingerprint density at radius 2 is 1.00 bits per heavy atom. The molecule has 0 spiro atoms. The zero-order chi connectivity index (χ0) is 32.1. The van der Waals surface area contributed by atoms with Gasteiger partial charge in [0.15, 0.2) is 17.9 Å². The smallest absolute Gasteiger partial charge is 0.326 e. The van der Waals surface area contributed by atoms with Crippen LogP contribution in [0.2, 0.25) is 0 Å². The molecule has 18 N–H and O–H groups in total. The Hall–Kier alpha value is -4.00. The molecule has 0 bridgehead atoms. The van der Waals surface area contributed by atoms with Gasteiger partial charge in [0, 0.05) is 19.6 Å². The van der Waals surface area contributed by atoms with E-state index in [-0.39, 0.29) is 69.6 Å². The minimum Gasteiger partial charge on any atom is -0.480 e. The topological polar surface area (TPSA) is 344 Å². The van der Waals surface area contributed by atoms with Gasteiger partial charge in [-0.15, -0.1) is 0 Å². The number of aliphatic carboxylic acids is 1. The highest BCUT2D eigenvalue weighted by Crippen LogP contribution is 2.07. The summed E-state index contributed by atoms with van der Waals surface area (Å²) in [6.45, 7) is 0.524. The van der Waals surface area contributed by atoms with E-state index in [9.17, 15) is 24.3 Å². The fourth-order valence-corrected chi connectivity index (χ4v) is 3.99. The van der Waals surface area contributed by atoms with Crippen LogP contribution in [0.25, 0.3) is 0 Å². The summed E-state index contributed by atoms with van der Waals surface area (Å²) in [4.78, 5) is 62.5. The van der Waals surface area contributed by atoms with Crippen LogP contribution in [0.15, 0.2) is 15.0 Å². The SMILES string of the molecule is CSCC[C@H](N)C(=O)N[C@@H](CCCN=C(N)N)C(=O)N[C@@H](CCCN=C(N)N)C(=O)N[C@@H](CCCN=C(N)N)C(=O)O. The van der Waals surface area contributed by atoms with E-state index in [4.69, 9.17) is 40.1 Å². The highest BCUT2D eigenvalue weighted by molar-refractivity contribution is 7.98. The number of thioether (sulfide) groups is 1. The molecular formula is C23H47N13O5S. The number of hydrogen-bond donors (Lipinski definition) is 11. The second-order valence-corrected chi connectivity index (χ2v) is 10.2. The average molecular weight is 618 g/mol. The molecule has 0 aromatic carbocycles. The monoisotopic (exact) mass is 617 g/mol. The van der Waals surface area contributed by atoms with Gasteiger partial charge >= 0.3 is 5.97 Å². The minimum absolute atomic E-state index is 0.0317. The summed E-state index contributed by atoms with van der Waals surface area (Å²) < 4.78 is 0. The fraction of sp³-hybridized carbons (Fsp3) is 0.696. The van der Waals surface area contributed by atoms with Gasteiger partial charge in [-0.3, -0.25) is 29.4 Å². The van der Waals surface area contributed by atoms with E-state index in [2.05, 4.69) is 30.9 Å². The predicted octanol–water partition coefficient (Wildman–Crippen LogP) is -4.23. The molecule has 0 aliphatic rings. The van der Waals surface area contributed by atoms with Crippen molar-refractivity contribution in [3.63, 3.8) is 0 Å². The van der Waals surface area contributed by atoms with E-state index in [0.717, 1.165) is 0 Å². The molecule has 0 heterocycles. The number of carboxylic acids is 1. The maximum atomic E-state index is 13.3. The Balaban J connectivity index is 5.75. The zero-order valence-electron chi connectivity index (χ0n) is 24.0. The van der Waals surface area contributed by atoms with Crippen molar-refractivity contribution < 1.29 is 24.3 Å². The lowest BCUT2D eigenvalue weighted by Gasteiger charge is -2.25. The van der Waals surface area contributed by atoms with Crippen LogP contribution in [-0.4, -0.2) is 102 Å². The summed E-state index contributed by atoms with van der Waals surface area (Å²) >= 11 is 1.52. The van der Waals surface area contributed by atoms with E-state index < -0.39 is 47.9 Å². The van der Waals surface area contributed by atoms with Gasteiger partial charge in [-0.2, -0.15) is 11.8 Å². The van der Waals surface area contributed by atoms with E-state index >= 15 is 0 Å². The quantitative estimate of drug-likeness (QED) is 0.0312. The minimum atomic E-state index is -1.28. The lowest BCUT2D eigenvalue weighted by atomic mass is 10.1. The standard InChI is InChI=1S/C23H47N13O5S/c1-42-12-8-13(24)17(37)34-14(5-2-9-31-21(25)26)18(38)35-15(6-3-10-32-22(27)28)19(39)36-16(20(40)41)7-4-11-33-23(29)30/h13-16H,2-12,24H2,1H3,(H,34,37)(H,35,38)(H,36,39)(H,40,41)(H4,25,26,31)(H4,27,28,32)(H4,29,30,33)/t13-,14-,15-,16-/m0/s1. The summed E-state index contributed by atoms with van der Waals surface area (Å²) in [5.41, 5.74) is 37.9. The third kappa shape index (κ3) is 18.4. The Kier molecular flexibility index (Phi) is 19.6. The third-order valence-electron chi connectivity index (χ3n) is 5.69. The molecule has 0 rings (SSSR count). The lowest BCUT2D eigenvalue weighted by Crippen LogP contribution is -2.57. The second kappa shape index (κ2) is 21.7. The molecule has 0 aliphatic carbocycles. The van der Waals surface area contributed by atoms with E-state index in [1.54, 1.807) is 0 Å². The van der Waals surface area contributed by atoms with E-state index in [0.29, 0.717) is 18.6 Å². The molecule has 0 fully saturated rings. The van der Waals surface area contributed by atoms with E-state index in [1.165, 1.54) is 11.8 Å². The Morgan fingerprint density at radius 3 is 1.36 bits per heavy atom. The van der Waals surface area contributed by atoms with Gasteiger partial charge in [0.05, 0.1) is 6.04 Å². The van der Waals surface area contributed by atoms with Crippen molar-refractivity contribution in [3.8, 4) is 0 Å². The molecule has 0 saturated heterocycles. The number of aliphatic imine (C=N–C) groups is 3. The van der Waals surface area contributed by atoms with Crippen molar-refractivity contribution in [2.75, 3.05) is 31.6 Å². The van der Waals surface area contributed by atoms with Crippen LogP contribution in [0.3, 0.4) is 0 Å². The molecule has 0 saturated carbocycles. The number of guanidine groups is 3. The molecule has 0 aliphatic heterocycles. The van der Waals surface area contributed by atoms with Crippen LogP contribution in [0.5, 0.6) is 0 Å². The highest BCUT2D eigenvalue weighted by atomic mass is 32.2. The third-order valence-corrected chi connectivity index (χ3v) is 6.33. The van der Waals surface area contributed by atoms with Crippen LogP contribution in [0.1, 0.15) is 44.9 Å². The van der Waals surface area contributed by atoms with Crippen molar-refractivity contribution in [3.05, 3.63) is 0 Å². The number of carbonyl (C=O) groups is 4. The molecule has 4 atom stereocenters.